The van der Waals surface area contributed by atoms with Gasteiger partial charge in [0.2, 0.25) is 0 Å². The number of nitrogens with two attached hydrogens (primary N) is 1. The van der Waals surface area contributed by atoms with E-state index in [1.807, 2.05) is 0 Å². The largest absolute Gasteiger partial charge is 0.396 e. The molecule has 1 aliphatic carbocycles. The van der Waals surface area contributed by atoms with Gasteiger partial charge in [0.25, 0.3) is 0 Å². The van der Waals surface area contributed by atoms with Gasteiger partial charge < -0.3 is 10.8 Å². The highest BCUT2D eigenvalue weighted by Crippen LogP contribution is 2.37. The summed E-state index contributed by atoms with van der Waals surface area (Å²) in [5.41, 5.74) is 12.6. The Balaban J connectivity index is 0.00000133. The Kier molecular flexibility index (Phi) is 4.25. The Morgan fingerprint density at radius 3 is 2.58 bits per heavy atom. The number of hydrogen-bond acceptors (Lipinski definition) is 2. The van der Waals surface area contributed by atoms with E-state index in [9.17, 15) is 0 Å². The topological polar surface area (TPSA) is 46.2 Å². The maximum absolute atomic E-state index is 8.95. The molecule has 3 rings (SSSR count). The summed E-state index contributed by atoms with van der Waals surface area (Å²) in [6.07, 6.45) is 1.61. The first-order valence-corrected chi connectivity index (χ1v) is 6.37. The van der Waals surface area contributed by atoms with E-state index < -0.39 is 0 Å². The van der Waals surface area contributed by atoms with E-state index in [0.717, 1.165) is 12.0 Å². The number of halogens is 1. The van der Waals surface area contributed by atoms with Crippen molar-refractivity contribution >= 4 is 12.4 Å². The van der Waals surface area contributed by atoms with Crippen LogP contribution in [0.5, 0.6) is 0 Å². The number of aliphatic hydroxyl groups excluding tert-OH is 1. The lowest BCUT2D eigenvalue weighted by Gasteiger charge is -2.12. The molecular weight excluding hydrogens is 258 g/mol. The third-order valence-electron chi connectivity index (χ3n) is 3.69. The molecule has 0 spiro atoms. The van der Waals surface area contributed by atoms with Crippen LogP contribution in [-0.2, 0) is 6.42 Å². The Morgan fingerprint density at radius 1 is 1.05 bits per heavy atom. The molecule has 0 saturated carbocycles. The minimum absolute atomic E-state index is 0. The smallest absolute Gasteiger partial charge is 0.0449 e. The minimum Gasteiger partial charge on any atom is -0.396 e. The molecule has 100 valence electrons. The van der Waals surface area contributed by atoms with Crippen molar-refractivity contribution in [2.24, 2.45) is 5.73 Å². The fourth-order valence-electron chi connectivity index (χ4n) is 2.70. The lowest BCUT2D eigenvalue weighted by molar-refractivity contribution is 0.276. The third kappa shape index (κ3) is 2.52. The third-order valence-corrected chi connectivity index (χ3v) is 3.69. The molecule has 1 aliphatic rings. The predicted octanol–water partition coefficient (Wildman–Crippen LogP) is 3.06. The van der Waals surface area contributed by atoms with E-state index in [-0.39, 0.29) is 25.1 Å². The van der Waals surface area contributed by atoms with Gasteiger partial charge in [-0.1, -0.05) is 42.5 Å². The molecule has 2 aromatic rings. The highest BCUT2D eigenvalue weighted by atomic mass is 35.5. The van der Waals surface area contributed by atoms with Gasteiger partial charge in [0.15, 0.2) is 0 Å². The van der Waals surface area contributed by atoms with Crippen molar-refractivity contribution in [3.8, 4) is 11.1 Å². The van der Waals surface area contributed by atoms with Gasteiger partial charge in [-0.05, 0) is 40.7 Å². The van der Waals surface area contributed by atoms with E-state index >= 15 is 0 Å². The zero-order valence-electron chi connectivity index (χ0n) is 10.7. The van der Waals surface area contributed by atoms with E-state index in [0.29, 0.717) is 6.42 Å². The van der Waals surface area contributed by atoms with Crippen LogP contribution in [0.25, 0.3) is 11.1 Å². The molecule has 0 saturated heterocycles. The van der Waals surface area contributed by atoms with Crippen LogP contribution < -0.4 is 5.73 Å². The van der Waals surface area contributed by atoms with Crippen molar-refractivity contribution in [1.29, 1.82) is 0 Å². The lowest BCUT2D eigenvalue weighted by Crippen LogP contribution is -2.12. The first-order valence-electron chi connectivity index (χ1n) is 6.37. The second-order valence-corrected chi connectivity index (χ2v) is 4.87. The molecule has 0 aromatic heterocycles. The average Bonchev–Trinajstić information content (AvgIpc) is 2.76. The fraction of sp³-hybridized carbons (Fsp3) is 0.250. The predicted molar refractivity (Wildman–Crippen MR) is 80.6 cm³/mol. The van der Waals surface area contributed by atoms with Gasteiger partial charge in [-0.2, -0.15) is 0 Å². The summed E-state index contributed by atoms with van der Waals surface area (Å²) in [6.45, 7) is 0.137. The number of benzene rings is 2. The zero-order chi connectivity index (χ0) is 12.5. The van der Waals surface area contributed by atoms with E-state index in [1.54, 1.807) is 0 Å². The minimum atomic E-state index is -0.0657. The van der Waals surface area contributed by atoms with Crippen LogP contribution >= 0.6 is 12.4 Å². The Morgan fingerprint density at radius 2 is 1.79 bits per heavy atom. The van der Waals surface area contributed by atoms with Crippen LogP contribution in [0.2, 0.25) is 0 Å². The number of rotatable bonds is 3. The van der Waals surface area contributed by atoms with Crippen LogP contribution in [0.1, 0.15) is 29.2 Å². The molecule has 0 unspecified atom stereocenters. The second-order valence-electron chi connectivity index (χ2n) is 4.87. The van der Waals surface area contributed by atoms with Crippen LogP contribution in [0, 0.1) is 0 Å². The standard InChI is InChI=1S/C16H17NO.ClH/c17-16(7-8-18)12-5-6-15-13(10-12)9-11-3-1-2-4-14(11)15;/h1-6,10,16,18H,7-9,17H2;1H/t16-;/m1./s1. The summed E-state index contributed by atoms with van der Waals surface area (Å²) in [5, 5.41) is 8.95. The van der Waals surface area contributed by atoms with Crippen molar-refractivity contribution in [2.45, 2.75) is 18.9 Å². The number of aliphatic hydroxyl groups is 1. The molecule has 19 heavy (non-hydrogen) atoms. The van der Waals surface area contributed by atoms with Crippen molar-refractivity contribution in [2.75, 3.05) is 6.61 Å². The normalized spacial score (nSPS) is 13.4. The van der Waals surface area contributed by atoms with E-state index in [4.69, 9.17) is 10.8 Å². The van der Waals surface area contributed by atoms with Crippen molar-refractivity contribution in [3.63, 3.8) is 0 Å². The molecule has 0 bridgehead atoms. The molecule has 2 aromatic carbocycles. The Hall–Kier alpha value is -1.35. The summed E-state index contributed by atoms with van der Waals surface area (Å²) in [5.74, 6) is 0. The Labute approximate surface area is 119 Å². The fourth-order valence-corrected chi connectivity index (χ4v) is 2.70. The number of hydrogen-bond donors (Lipinski definition) is 2. The van der Waals surface area contributed by atoms with E-state index in [2.05, 4.69) is 42.5 Å². The molecule has 0 aliphatic heterocycles. The highest BCUT2D eigenvalue weighted by Gasteiger charge is 2.18. The molecular formula is C16H18ClNO. The highest BCUT2D eigenvalue weighted by molar-refractivity contribution is 5.85. The van der Waals surface area contributed by atoms with Crippen molar-refractivity contribution in [3.05, 3.63) is 59.2 Å². The zero-order valence-corrected chi connectivity index (χ0v) is 11.5. The maximum Gasteiger partial charge on any atom is 0.0449 e. The Bertz CT molecular complexity index is 583. The molecule has 3 heteroatoms. The summed E-state index contributed by atoms with van der Waals surface area (Å²) in [6, 6.07) is 14.9. The lowest BCUT2D eigenvalue weighted by atomic mass is 9.98. The van der Waals surface area contributed by atoms with E-state index in [1.165, 1.54) is 22.3 Å². The van der Waals surface area contributed by atoms with Crippen molar-refractivity contribution in [1.82, 2.24) is 0 Å². The van der Waals surface area contributed by atoms with Gasteiger partial charge in [0.05, 0.1) is 0 Å². The first kappa shape index (κ1) is 14.1. The molecule has 0 amide bonds. The number of fused-ring (bicyclic) bond motifs is 3. The summed E-state index contributed by atoms with van der Waals surface area (Å²) < 4.78 is 0. The molecule has 1 atom stereocenters. The second kappa shape index (κ2) is 5.74. The van der Waals surface area contributed by atoms with Crippen LogP contribution in [0.15, 0.2) is 42.5 Å². The molecule has 3 N–H and O–H groups in total. The quantitative estimate of drug-likeness (QED) is 0.772. The van der Waals surface area contributed by atoms with Gasteiger partial charge in [0, 0.05) is 12.6 Å². The SMILES string of the molecule is Cl.N[C@H](CCO)c1ccc2c(c1)Cc1ccccc1-2. The molecule has 0 radical (unpaired) electrons. The van der Waals surface area contributed by atoms with Crippen LogP contribution in [0.4, 0.5) is 0 Å². The van der Waals surface area contributed by atoms with Crippen molar-refractivity contribution < 1.29 is 5.11 Å². The summed E-state index contributed by atoms with van der Waals surface area (Å²) in [7, 11) is 0. The monoisotopic (exact) mass is 275 g/mol. The van der Waals surface area contributed by atoms with Gasteiger partial charge >= 0.3 is 0 Å². The molecule has 2 nitrogen and oxygen atoms in total. The average molecular weight is 276 g/mol. The molecule has 0 heterocycles. The van der Waals surface area contributed by atoms with Crippen LogP contribution in [0.3, 0.4) is 0 Å². The molecule has 0 fully saturated rings. The summed E-state index contributed by atoms with van der Waals surface area (Å²) >= 11 is 0. The first-order chi connectivity index (χ1) is 8.79. The maximum atomic E-state index is 8.95. The van der Waals surface area contributed by atoms with Gasteiger partial charge in [-0.15, -0.1) is 12.4 Å². The van der Waals surface area contributed by atoms with Gasteiger partial charge in [0.1, 0.15) is 0 Å². The van der Waals surface area contributed by atoms with Gasteiger partial charge in [-0.3, -0.25) is 0 Å². The van der Waals surface area contributed by atoms with Crippen LogP contribution in [-0.4, -0.2) is 11.7 Å². The van der Waals surface area contributed by atoms with Gasteiger partial charge in [-0.25, -0.2) is 0 Å². The summed E-state index contributed by atoms with van der Waals surface area (Å²) in [4.78, 5) is 0.